The molecule has 0 bridgehead atoms. The molecule has 1 fully saturated rings. The van der Waals surface area contributed by atoms with Crippen molar-refractivity contribution < 1.29 is 14.6 Å². The number of allylic oxidation sites excluding steroid dienone is 1. The van der Waals surface area contributed by atoms with E-state index in [1.54, 1.807) is 7.11 Å². The first kappa shape index (κ1) is 21.0. The monoisotopic (exact) mass is 446 g/mol. The highest BCUT2D eigenvalue weighted by Crippen LogP contribution is 2.26. The number of imidazole rings is 1. The fourth-order valence-electron chi connectivity index (χ4n) is 4.31. The molecule has 0 amide bonds. The number of fused-ring (bicyclic) bond motifs is 1. The van der Waals surface area contributed by atoms with Crippen LogP contribution in [0.2, 0.25) is 0 Å². The lowest BCUT2D eigenvalue weighted by Gasteiger charge is -2.38. The number of piperazine rings is 1. The van der Waals surface area contributed by atoms with Crippen molar-refractivity contribution in [2.24, 2.45) is 4.99 Å². The van der Waals surface area contributed by atoms with E-state index < -0.39 is 5.97 Å². The van der Waals surface area contributed by atoms with E-state index in [-0.39, 0.29) is 6.42 Å². The molecule has 4 heterocycles. The van der Waals surface area contributed by atoms with Gasteiger partial charge in [0.2, 0.25) is 5.88 Å². The Morgan fingerprint density at radius 1 is 1.03 bits per heavy atom. The van der Waals surface area contributed by atoms with Crippen LogP contribution < -0.4 is 9.64 Å². The number of H-pyrrole nitrogens is 1. The Bertz CT molecular complexity index is 1220. The largest absolute Gasteiger partial charge is 0.481 e. The van der Waals surface area contributed by atoms with Crippen LogP contribution in [0.25, 0.3) is 16.7 Å². The number of pyridine rings is 1. The SMILES string of the molecule is COc1ccc2[nH]c(C3=CN=C(N4CCN(c5ccc(CC(=O)O)cc5)CC4)CC3)nc2n1. The van der Waals surface area contributed by atoms with Crippen LogP contribution in [0.4, 0.5) is 5.69 Å². The minimum absolute atomic E-state index is 0.0577. The Labute approximate surface area is 191 Å². The average Bonchev–Trinajstić information content (AvgIpc) is 3.28. The first-order valence-electron chi connectivity index (χ1n) is 11.1. The summed E-state index contributed by atoms with van der Waals surface area (Å²) in [5.74, 6) is 1.67. The summed E-state index contributed by atoms with van der Waals surface area (Å²) in [7, 11) is 1.60. The molecule has 9 heteroatoms. The van der Waals surface area contributed by atoms with E-state index in [0.29, 0.717) is 11.5 Å². The minimum Gasteiger partial charge on any atom is -0.481 e. The molecule has 170 valence electrons. The second kappa shape index (κ2) is 8.93. The van der Waals surface area contributed by atoms with Crippen LogP contribution in [0.1, 0.15) is 24.2 Å². The predicted molar refractivity (Wildman–Crippen MR) is 127 cm³/mol. The van der Waals surface area contributed by atoms with Crippen LogP contribution in [0.15, 0.2) is 47.6 Å². The number of amidine groups is 1. The van der Waals surface area contributed by atoms with E-state index in [2.05, 4.69) is 24.8 Å². The molecular weight excluding hydrogens is 420 g/mol. The second-order valence-electron chi connectivity index (χ2n) is 8.22. The molecule has 0 spiro atoms. The standard InChI is InChI=1S/C24H26N6O3/c1-33-21-9-7-19-24(27-21)28-23(26-19)17-4-8-20(25-15-17)30-12-10-29(11-13-30)18-5-2-16(3-6-18)14-22(31)32/h2-3,5-7,9,15H,4,8,10-14H2,1H3,(H,31,32)(H,26,27,28). The fourth-order valence-corrected chi connectivity index (χ4v) is 4.31. The van der Waals surface area contributed by atoms with Crippen molar-refractivity contribution in [3.8, 4) is 5.88 Å². The summed E-state index contributed by atoms with van der Waals surface area (Å²) in [6.45, 7) is 3.64. The van der Waals surface area contributed by atoms with E-state index in [0.717, 1.165) is 73.0 Å². The van der Waals surface area contributed by atoms with Gasteiger partial charge in [0.15, 0.2) is 5.65 Å². The normalized spacial score (nSPS) is 16.5. The van der Waals surface area contributed by atoms with Crippen LogP contribution in [0.3, 0.4) is 0 Å². The summed E-state index contributed by atoms with van der Waals surface area (Å²) in [5, 5.41) is 8.93. The molecule has 0 unspecified atom stereocenters. The van der Waals surface area contributed by atoms with Gasteiger partial charge in [-0.25, -0.2) is 9.98 Å². The third kappa shape index (κ3) is 4.52. The Morgan fingerprint density at radius 3 is 2.45 bits per heavy atom. The number of carbonyl (C=O) groups is 1. The molecule has 9 nitrogen and oxygen atoms in total. The van der Waals surface area contributed by atoms with E-state index >= 15 is 0 Å². The van der Waals surface area contributed by atoms with Crippen molar-refractivity contribution in [1.29, 1.82) is 0 Å². The van der Waals surface area contributed by atoms with E-state index in [9.17, 15) is 4.79 Å². The van der Waals surface area contributed by atoms with E-state index in [4.69, 9.17) is 14.8 Å². The number of aromatic amines is 1. The van der Waals surface area contributed by atoms with Crippen LogP contribution in [-0.4, -0.2) is 70.1 Å². The predicted octanol–water partition coefficient (Wildman–Crippen LogP) is 2.95. The minimum atomic E-state index is -0.806. The molecule has 5 rings (SSSR count). The smallest absolute Gasteiger partial charge is 0.307 e. The number of anilines is 1. The summed E-state index contributed by atoms with van der Waals surface area (Å²) < 4.78 is 5.18. The number of benzene rings is 1. The lowest BCUT2D eigenvalue weighted by Crippen LogP contribution is -2.49. The molecule has 0 atom stereocenters. The number of aliphatic carboxylic acids is 1. The van der Waals surface area contributed by atoms with Gasteiger partial charge in [0.05, 0.1) is 19.0 Å². The van der Waals surface area contributed by atoms with Crippen molar-refractivity contribution in [1.82, 2.24) is 19.9 Å². The third-order valence-electron chi connectivity index (χ3n) is 6.12. The van der Waals surface area contributed by atoms with E-state index in [1.807, 2.05) is 42.6 Å². The van der Waals surface area contributed by atoms with Gasteiger partial charge in [0.1, 0.15) is 11.7 Å². The maximum Gasteiger partial charge on any atom is 0.307 e. The third-order valence-corrected chi connectivity index (χ3v) is 6.12. The molecule has 2 aliphatic rings. The molecular formula is C24H26N6O3. The summed E-state index contributed by atoms with van der Waals surface area (Å²) in [5.41, 5.74) is 4.56. The van der Waals surface area contributed by atoms with E-state index in [1.165, 1.54) is 0 Å². The number of carboxylic acid groups (broad SMARTS) is 1. The zero-order chi connectivity index (χ0) is 22.8. The zero-order valence-electron chi connectivity index (χ0n) is 18.5. The topological polar surface area (TPSA) is 107 Å². The molecule has 0 saturated carbocycles. The first-order valence-corrected chi connectivity index (χ1v) is 11.1. The molecule has 1 aromatic carbocycles. The lowest BCUT2D eigenvalue weighted by molar-refractivity contribution is -0.136. The van der Waals surface area contributed by atoms with Gasteiger partial charge in [0.25, 0.3) is 0 Å². The molecule has 2 N–H and O–H groups in total. The highest BCUT2D eigenvalue weighted by atomic mass is 16.5. The van der Waals surface area contributed by atoms with Crippen LogP contribution in [0, 0.1) is 0 Å². The zero-order valence-corrected chi connectivity index (χ0v) is 18.5. The van der Waals surface area contributed by atoms with Gasteiger partial charge in [-0.3, -0.25) is 4.79 Å². The summed E-state index contributed by atoms with van der Waals surface area (Å²) in [4.78, 5) is 32.6. The van der Waals surface area contributed by atoms with Crippen molar-refractivity contribution >= 4 is 34.2 Å². The van der Waals surface area contributed by atoms with Crippen molar-refractivity contribution in [2.45, 2.75) is 19.3 Å². The van der Waals surface area contributed by atoms with Crippen LogP contribution >= 0.6 is 0 Å². The van der Waals surface area contributed by atoms with Gasteiger partial charge in [-0.15, -0.1) is 0 Å². The number of nitrogens with one attached hydrogen (secondary N) is 1. The number of hydrogen-bond donors (Lipinski definition) is 2. The van der Waals surface area contributed by atoms with Gasteiger partial charge in [-0.2, -0.15) is 4.98 Å². The number of hydrogen-bond acceptors (Lipinski definition) is 7. The van der Waals surface area contributed by atoms with Gasteiger partial charge in [-0.05, 0) is 30.2 Å². The van der Waals surface area contributed by atoms with Crippen molar-refractivity contribution in [3.63, 3.8) is 0 Å². The second-order valence-corrected chi connectivity index (χ2v) is 8.22. The maximum absolute atomic E-state index is 10.9. The van der Waals surface area contributed by atoms with Crippen LogP contribution in [-0.2, 0) is 11.2 Å². The molecule has 2 aromatic heterocycles. The van der Waals surface area contributed by atoms with Gasteiger partial charge in [0, 0.05) is 56.1 Å². The number of aliphatic imine (C=N–C) groups is 1. The molecule has 3 aromatic rings. The number of nitrogens with zero attached hydrogens (tertiary/aromatic N) is 5. The Kier molecular flexibility index (Phi) is 5.68. The summed E-state index contributed by atoms with van der Waals surface area (Å²) in [6, 6.07) is 11.6. The first-order chi connectivity index (χ1) is 16.1. The average molecular weight is 447 g/mol. The van der Waals surface area contributed by atoms with Gasteiger partial charge in [-0.1, -0.05) is 12.1 Å². The number of methoxy groups -OCH3 is 1. The fraction of sp³-hybridized carbons (Fsp3) is 0.333. The number of carboxylic acids is 1. The van der Waals surface area contributed by atoms with Gasteiger partial charge >= 0.3 is 5.97 Å². The Morgan fingerprint density at radius 2 is 1.79 bits per heavy atom. The molecule has 2 aliphatic heterocycles. The lowest BCUT2D eigenvalue weighted by atomic mass is 10.1. The van der Waals surface area contributed by atoms with Crippen LogP contribution in [0.5, 0.6) is 5.88 Å². The quantitative estimate of drug-likeness (QED) is 0.620. The maximum atomic E-state index is 10.9. The highest BCUT2D eigenvalue weighted by Gasteiger charge is 2.22. The number of ether oxygens (including phenoxy) is 1. The molecule has 33 heavy (non-hydrogen) atoms. The molecule has 0 radical (unpaired) electrons. The Hall–Kier alpha value is -3.88. The van der Waals surface area contributed by atoms with Gasteiger partial charge < -0.3 is 24.6 Å². The number of aromatic nitrogens is 3. The molecule has 0 aliphatic carbocycles. The summed E-state index contributed by atoms with van der Waals surface area (Å²) >= 11 is 0. The van der Waals surface area contributed by atoms with Crippen molar-refractivity contribution in [2.75, 3.05) is 38.2 Å². The number of rotatable bonds is 5. The summed E-state index contributed by atoms with van der Waals surface area (Å²) in [6.07, 6.45) is 3.73. The molecule has 1 saturated heterocycles. The highest BCUT2D eigenvalue weighted by molar-refractivity contribution is 5.88. The Balaban J connectivity index is 1.22. The van der Waals surface area contributed by atoms with Crippen molar-refractivity contribution in [3.05, 3.63) is 54.0 Å².